The molecule has 5 heteroatoms. The number of fused-ring (bicyclic) bond motifs is 1. The number of hydrogen-bond acceptors (Lipinski definition) is 2. The van der Waals surface area contributed by atoms with Gasteiger partial charge in [-0.3, -0.25) is 0 Å². The van der Waals surface area contributed by atoms with Gasteiger partial charge in [-0.1, -0.05) is 0 Å². The van der Waals surface area contributed by atoms with Gasteiger partial charge in [-0.15, -0.1) is 22.7 Å². The first-order chi connectivity index (χ1) is 5.61. The van der Waals surface area contributed by atoms with Crippen LogP contribution in [0, 0.1) is 12.7 Å². The predicted octanol–water partition coefficient (Wildman–Crippen LogP) is 4.94. The van der Waals surface area contributed by atoms with E-state index >= 15 is 0 Å². The Morgan fingerprint density at radius 2 is 1.83 bits per heavy atom. The van der Waals surface area contributed by atoms with Crippen molar-refractivity contribution in [1.82, 2.24) is 0 Å². The van der Waals surface area contributed by atoms with Gasteiger partial charge in [0.05, 0.1) is 17.7 Å². The average Bonchev–Trinajstić information content (AvgIpc) is 2.41. The molecule has 0 unspecified atom stereocenters. The van der Waals surface area contributed by atoms with Crippen LogP contribution in [0.4, 0.5) is 4.39 Å². The first-order valence-electron chi connectivity index (χ1n) is 3.13. The molecule has 0 N–H and O–H groups in total. The van der Waals surface area contributed by atoms with E-state index in [9.17, 15) is 4.39 Å². The fourth-order valence-corrected chi connectivity index (χ4v) is 5.41. The lowest BCUT2D eigenvalue weighted by Crippen LogP contribution is -1.68. The van der Waals surface area contributed by atoms with Crippen LogP contribution in [0.25, 0.3) is 10.1 Å². The maximum absolute atomic E-state index is 13.4. The number of halogens is 3. The largest absolute Gasteiger partial charge is 0.205 e. The molecule has 0 aliphatic carbocycles. The zero-order valence-electron chi connectivity index (χ0n) is 5.95. The van der Waals surface area contributed by atoms with Crippen molar-refractivity contribution in [2.75, 3.05) is 0 Å². The quantitative estimate of drug-likeness (QED) is 0.642. The molecule has 2 heterocycles. The molecule has 64 valence electrons. The Kier molecular flexibility index (Phi) is 2.31. The molecule has 0 spiro atoms. The van der Waals surface area contributed by atoms with E-state index in [1.54, 1.807) is 6.92 Å². The second kappa shape index (κ2) is 3.04. The van der Waals surface area contributed by atoms with Gasteiger partial charge in [0, 0.05) is 4.88 Å². The molecule has 0 nitrogen and oxygen atoms in total. The van der Waals surface area contributed by atoms with Crippen LogP contribution < -0.4 is 0 Å². The molecule has 0 aromatic carbocycles. The van der Waals surface area contributed by atoms with Crippen molar-refractivity contribution in [2.45, 2.75) is 6.92 Å². The predicted molar refractivity (Wildman–Crippen MR) is 59.8 cm³/mol. The molecule has 0 radical (unpaired) electrons. The van der Waals surface area contributed by atoms with Gasteiger partial charge >= 0.3 is 0 Å². The van der Waals surface area contributed by atoms with Crippen molar-refractivity contribution in [3.05, 3.63) is 18.3 Å². The van der Waals surface area contributed by atoms with Crippen LogP contribution >= 0.6 is 54.5 Å². The van der Waals surface area contributed by atoms with Crippen LogP contribution in [0.3, 0.4) is 0 Å². The molecule has 2 aromatic heterocycles. The fourth-order valence-electron chi connectivity index (χ4n) is 1.01. The molecule has 0 amide bonds. The highest BCUT2D eigenvalue weighted by atomic mass is 79.9. The van der Waals surface area contributed by atoms with Gasteiger partial charge in [0.1, 0.15) is 5.82 Å². The van der Waals surface area contributed by atoms with Crippen LogP contribution in [-0.4, -0.2) is 0 Å². The summed E-state index contributed by atoms with van der Waals surface area (Å²) < 4.78 is 16.3. The maximum Gasteiger partial charge on any atom is 0.146 e. The molecular formula is C7H3Br2FS2. The summed E-state index contributed by atoms with van der Waals surface area (Å²) >= 11 is 9.73. The van der Waals surface area contributed by atoms with Crippen LogP contribution in [0.2, 0.25) is 0 Å². The van der Waals surface area contributed by atoms with Crippen LogP contribution in [0.1, 0.15) is 4.88 Å². The van der Waals surface area contributed by atoms with E-state index in [0.717, 1.165) is 22.5 Å². The van der Waals surface area contributed by atoms with Gasteiger partial charge < -0.3 is 0 Å². The third-order valence-electron chi connectivity index (χ3n) is 1.57. The molecule has 0 fully saturated rings. The summed E-state index contributed by atoms with van der Waals surface area (Å²) in [7, 11) is 0. The average molecular weight is 330 g/mol. The second-order valence-electron chi connectivity index (χ2n) is 2.33. The van der Waals surface area contributed by atoms with Crippen molar-refractivity contribution < 1.29 is 4.39 Å². The summed E-state index contributed by atoms with van der Waals surface area (Å²) in [5.74, 6) is -0.0937. The lowest BCUT2D eigenvalue weighted by molar-refractivity contribution is 0.636. The van der Waals surface area contributed by atoms with Crippen molar-refractivity contribution in [2.24, 2.45) is 0 Å². The number of rotatable bonds is 0. The summed E-state index contributed by atoms with van der Waals surface area (Å²) in [5.41, 5.74) is 0. The summed E-state index contributed by atoms with van der Waals surface area (Å²) in [5, 5.41) is 0.717. The molecule has 12 heavy (non-hydrogen) atoms. The van der Waals surface area contributed by atoms with Crippen molar-refractivity contribution in [1.29, 1.82) is 0 Å². The SMILES string of the molecule is Cc1sc2c(Br)sc(Br)c2c1F. The highest BCUT2D eigenvalue weighted by Crippen LogP contribution is 2.45. The lowest BCUT2D eigenvalue weighted by Gasteiger charge is -1.83. The summed E-state index contributed by atoms with van der Waals surface area (Å²) in [6, 6.07) is 0. The Hall–Kier alpha value is 0.550. The van der Waals surface area contributed by atoms with E-state index in [0.29, 0.717) is 0 Å². The Bertz CT molecular complexity index is 444. The minimum absolute atomic E-state index is 0.0937. The standard InChI is InChI=1S/C7H3Br2FS2/c1-2-4(10)3-5(11-2)7(9)12-6(3)8/h1H3. The van der Waals surface area contributed by atoms with Crippen LogP contribution in [0.5, 0.6) is 0 Å². The van der Waals surface area contributed by atoms with Gasteiger partial charge in [-0.25, -0.2) is 4.39 Å². The number of thiophene rings is 2. The minimum Gasteiger partial charge on any atom is -0.205 e. The first-order valence-corrected chi connectivity index (χ1v) is 6.35. The number of hydrogen-bond donors (Lipinski definition) is 0. The topological polar surface area (TPSA) is 0 Å². The highest BCUT2D eigenvalue weighted by molar-refractivity contribution is 9.12. The molecule has 0 bridgehead atoms. The van der Waals surface area contributed by atoms with E-state index in [1.165, 1.54) is 22.7 Å². The van der Waals surface area contributed by atoms with Crippen molar-refractivity contribution >= 4 is 64.6 Å². The minimum atomic E-state index is -0.0937. The van der Waals surface area contributed by atoms with Gasteiger partial charge in [-0.2, -0.15) is 0 Å². The summed E-state index contributed by atoms with van der Waals surface area (Å²) in [6.07, 6.45) is 0. The molecule has 0 atom stereocenters. The summed E-state index contributed by atoms with van der Waals surface area (Å²) in [4.78, 5) is 0.745. The lowest BCUT2D eigenvalue weighted by atomic mass is 10.3. The highest BCUT2D eigenvalue weighted by Gasteiger charge is 2.16. The van der Waals surface area contributed by atoms with Crippen molar-refractivity contribution in [3.8, 4) is 0 Å². The zero-order valence-corrected chi connectivity index (χ0v) is 10.8. The smallest absolute Gasteiger partial charge is 0.146 e. The Balaban J connectivity index is 2.98. The Morgan fingerprint density at radius 1 is 1.17 bits per heavy atom. The van der Waals surface area contributed by atoms with E-state index in [2.05, 4.69) is 31.9 Å². The monoisotopic (exact) mass is 328 g/mol. The van der Waals surface area contributed by atoms with Gasteiger partial charge in [0.15, 0.2) is 0 Å². The molecular weight excluding hydrogens is 327 g/mol. The van der Waals surface area contributed by atoms with Crippen LogP contribution in [-0.2, 0) is 0 Å². The van der Waals surface area contributed by atoms with E-state index in [4.69, 9.17) is 0 Å². The molecule has 2 aromatic rings. The molecule has 0 aliphatic heterocycles. The van der Waals surface area contributed by atoms with E-state index < -0.39 is 0 Å². The van der Waals surface area contributed by atoms with Gasteiger partial charge in [0.2, 0.25) is 0 Å². The third-order valence-corrected chi connectivity index (χ3v) is 5.59. The first kappa shape index (κ1) is 9.12. The Labute approximate surface area is 93.7 Å². The second-order valence-corrected chi connectivity index (χ2v) is 7.21. The van der Waals surface area contributed by atoms with E-state index in [-0.39, 0.29) is 5.82 Å². The third kappa shape index (κ3) is 1.18. The van der Waals surface area contributed by atoms with Crippen molar-refractivity contribution in [3.63, 3.8) is 0 Å². The van der Waals surface area contributed by atoms with Gasteiger partial charge in [0.25, 0.3) is 0 Å². The normalized spacial score (nSPS) is 11.3. The molecule has 2 rings (SSSR count). The fraction of sp³-hybridized carbons (Fsp3) is 0.143. The number of aryl methyl sites for hydroxylation is 1. The maximum atomic E-state index is 13.4. The van der Waals surface area contributed by atoms with Crippen LogP contribution in [0.15, 0.2) is 7.57 Å². The molecule has 0 saturated heterocycles. The summed E-state index contributed by atoms with van der Waals surface area (Å²) in [6.45, 7) is 1.80. The molecule has 0 saturated carbocycles. The van der Waals surface area contributed by atoms with E-state index in [1.807, 2.05) is 0 Å². The molecule has 0 aliphatic rings. The van der Waals surface area contributed by atoms with Gasteiger partial charge in [-0.05, 0) is 38.8 Å². The zero-order chi connectivity index (χ0) is 8.88. The Morgan fingerprint density at radius 3 is 2.42 bits per heavy atom.